The standard InChI is InChI=1S/C16H14ClN3O3S/c1-7-6-9(21)4-5-10(7)18-13-11-8(2)12(15(22)23-3)24-14(11)20-16(17)19-13/h4-6,21H,1-3H3,(H,18,19,20). The maximum absolute atomic E-state index is 11.9. The highest BCUT2D eigenvalue weighted by Gasteiger charge is 2.21. The number of aromatic hydroxyl groups is 1. The maximum Gasteiger partial charge on any atom is 0.348 e. The third-order valence-electron chi connectivity index (χ3n) is 3.60. The van der Waals surface area contributed by atoms with Crippen LogP contribution in [0.1, 0.15) is 20.8 Å². The highest BCUT2D eigenvalue weighted by Crippen LogP contribution is 2.36. The molecule has 3 rings (SSSR count). The van der Waals surface area contributed by atoms with Crippen LogP contribution in [0.4, 0.5) is 11.5 Å². The summed E-state index contributed by atoms with van der Waals surface area (Å²) < 4.78 is 4.81. The van der Waals surface area contributed by atoms with Gasteiger partial charge in [-0.05, 0) is 54.8 Å². The van der Waals surface area contributed by atoms with Crippen LogP contribution in [0.2, 0.25) is 5.28 Å². The SMILES string of the molecule is COC(=O)c1sc2nc(Cl)nc(Nc3ccc(O)cc3C)c2c1C. The number of halogens is 1. The Balaban J connectivity index is 2.16. The Hall–Kier alpha value is -2.38. The Labute approximate surface area is 147 Å². The van der Waals surface area contributed by atoms with Gasteiger partial charge in [-0.3, -0.25) is 0 Å². The van der Waals surface area contributed by atoms with E-state index in [0.717, 1.165) is 22.2 Å². The number of hydrogen-bond acceptors (Lipinski definition) is 7. The van der Waals surface area contributed by atoms with Gasteiger partial charge in [-0.25, -0.2) is 9.78 Å². The van der Waals surface area contributed by atoms with E-state index in [1.807, 2.05) is 13.8 Å². The van der Waals surface area contributed by atoms with Crippen molar-refractivity contribution < 1.29 is 14.6 Å². The van der Waals surface area contributed by atoms with E-state index in [-0.39, 0.29) is 11.0 Å². The molecule has 2 N–H and O–H groups in total. The number of aromatic nitrogens is 2. The third-order valence-corrected chi connectivity index (χ3v) is 4.93. The summed E-state index contributed by atoms with van der Waals surface area (Å²) in [5.41, 5.74) is 2.35. The summed E-state index contributed by atoms with van der Waals surface area (Å²) in [6.07, 6.45) is 0. The fourth-order valence-electron chi connectivity index (χ4n) is 2.41. The summed E-state index contributed by atoms with van der Waals surface area (Å²) in [4.78, 5) is 21.4. The Morgan fingerprint density at radius 3 is 2.75 bits per heavy atom. The Kier molecular flexibility index (Phi) is 4.29. The van der Waals surface area contributed by atoms with Crippen molar-refractivity contribution in [1.82, 2.24) is 9.97 Å². The number of thiophene rings is 1. The van der Waals surface area contributed by atoms with Crippen LogP contribution in [0.15, 0.2) is 18.2 Å². The number of esters is 1. The van der Waals surface area contributed by atoms with Gasteiger partial charge in [0.25, 0.3) is 0 Å². The lowest BCUT2D eigenvalue weighted by Crippen LogP contribution is -2.01. The number of carbonyl (C=O) groups is 1. The second-order valence-electron chi connectivity index (χ2n) is 5.19. The summed E-state index contributed by atoms with van der Waals surface area (Å²) >= 11 is 7.23. The van der Waals surface area contributed by atoms with Crippen molar-refractivity contribution in [3.8, 4) is 5.75 Å². The average Bonchev–Trinajstić information content (AvgIpc) is 2.86. The predicted octanol–water partition coefficient (Wildman–Crippen LogP) is 4.20. The normalized spacial score (nSPS) is 10.8. The molecule has 0 saturated carbocycles. The number of ether oxygens (including phenoxy) is 1. The largest absolute Gasteiger partial charge is 0.508 e. The second kappa shape index (κ2) is 6.26. The quantitative estimate of drug-likeness (QED) is 0.412. The van der Waals surface area contributed by atoms with Crippen LogP contribution in [0.3, 0.4) is 0 Å². The molecule has 0 fully saturated rings. The van der Waals surface area contributed by atoms with E-state index < -0.39 is 5.97 Å². The molecule has 0 unspecified atom stereocenters. The molecule has 0 bridgehead atoms. The number of carbonyl (C=O) groups excluding carboxylic acids is 1. The molecule has 1 aromatic carbocycles. The summed E-state index contributed by atoms with van der Waals surface area (Å²) in [5.74, 6) is 0.268. The number of methoxy groups -OCH3 is 1. The highest BCUT2D eigenvalue weighted by atomic mass is 35.5. The van der Waals surface area contributed by atoms with Crippen LogP contribution in [-0.4, -0.2) is 28.2 Å². The van der Waals surface area contributed by atoms with Crippen molar-refractivity contribution in [3.05, 3.63) is 39.5 Å². The Morgan fingerprint density at radius 2 is 2.08 bits per heavy atom. The van der Waals surface area contributed by atoms with E-state index >= 15 is 0 Å². The maximum atomic E-state index is 11.9. The molecule has 0 spiro atoms. The molecule has 24 heavy (non-hydrogen) atoms. The summed E-state index contributed by atoms with van der Waals surface area (Å²) in [6, 6.07) is 4.97. The van der Waals surface area contributed by atoms with Crippen molar-refractivity contribution in [2.75, 3.05) is 12.4 Å². The van der Waals surface area contributed by atoms with Gasteiger partial charge in [-0.2, -0.15) is 4.98 Å². The van der Waals surface area contributed by atoms with Gasteiger partial charge < -0.3 is 15.2 Å². The third kappa shape index (κ3) is 2.88. The minimum absolute atomic E-state index is 0.0825. The molecule has 0 aliphatic carbocycles. The number of aryl methyl sites for hydroxylation is 2. The average molecular weight is 364 g/mol. The molecule has 124 valence electrons. The molecule has 0 radical (unpaired) electrons. The zero-order valence-electron chi connectivity index (χ0n) is 13.2. The lowest BCUT2D eigenvalue weighted by molar-refractivity contribution is 0.0605. The first-order valence-corrected chi connectivity index (χ1v) is 8.21. The summed E-state index contributed by atoms with van der Waals surface area (Å²) in [5, 5.41) is 13.5. The number of anilines is 2. The van der Waals surface area contributed by atoms with Crippen LogP contribution in [0.25, 0.3) is 10.2 Å². The van der Waals surface area contributed by atoms with Crippen molar-refractivity contribution in [3.63, 3.8) is 0 Å². The van der Waals surface area contributed by atoms with E-state index in [9.17, 15) is 9.90 Å². The van der Waals surface area contributed by atoms with Gasteiger partial charge in [0.2, 0.25) is 5.28 Å². The number of nitrogens with one attached hydrogen (secondary N) is 1. The number of benzene rings is 1. The van der Waals surface area contributed by atoms with Crippen molar-refractivity contribution in [2.45, 2.75) is 13.8 Å². The zero-order valence-corrected chi connectivity index (χ0v) is 14.7. The van der Waals surface area contributed by atoms with E-state index in [1.54, 1.807) is 18.2 Å². The van der Waals surface area contributed by atoms with Gasteiger partial charge in [-0.15, -0.1) is 11.3 Å². The van der Waals surface area contributed by atoms with Crippen LogP contribution >= 0.6 is 22.9 Å². The monoisotopic (exact) mass is 363 g/mol. The van der Waals surface area contributed by atoms with Gasteiger partial charge in [0, 0.05) is 5.69 Å². The number of fused-ring (bicyclic) bond motifs is 1. The molecule has 2 aromatic heterocycles. The predicted molar refractivity (Wildman–Crippen MR) is 94.6 cm³/mol. The molecular formula is C16H14ClN3O3S. The molecule has 0 aliphatic rings. The molecular weight excluding hydrogens is 350 g/mol. The van der Waals surface area contributed by atoms with E-state index in [0.29, 0.717) is 15.5 Å². The summed E-state index contributed by atoms with van der Waals surface area (Å²) in [6.45, 7) is 3.68. The number of nitrogens with zero attached hydrogens (tertiary/aromatic N) is 2. The lowest BCUT2D eigenvalue weighted by atomic mass is 10.1. The first-order chi connectivity index (χ1) is 11.4. The van der Waals surface area contributed by atoms with Crippen LogP contribution < -0.4 is 5.32 Å². The molecule has 3 aromatic rings. The van der Waals surface area contributed by atoms with E-state index in [1.165, 1.54) is 18.4 Å². The minimum Gasteiger partial charge on any atom is -0.508 e. The van der Waals surface area contributed by atoms with Gasteiger partial charge in [-0.1, -0.05) is 0 Å². The number of rotatable bonds is 3. The smallest absolute Gasteiger partial charge is 0.348 e. The second-order valence-corrected chi connectivity index (χ2v) is 6.53. The minimum atomic E-state index is -0.418. The van der Waals surface area contributed by atoms with E-state index in [4.69, 9.17) is 16.3 Å². The Bertz CT molecular complexity index is 955. The lowest BCUT2D eigenvalue weighted by Gasteiger charge is -2.11. The zero-order chi connectivity index (χ0) is 17.4. The van der Waals surface area contributed by atoms with Crippen molar-refractivity contribution >= 4 is 50.6 Å². The molecule has 2 heterocycles. The molecule has 0 atom stereocenters. The van der Waals surface area contributed by atoms with Gasteiger partial charge >= 0.3 is 5.97 Å². The molecule has 0 aliphatic heterocycles. The summed E-state index contributed by atoms with van der Waals surface area (Å²) in [7, 11) is 1.34. The number of hydrogen-bond donors (Lipinski definition) is 2. The fraction of sp³-hybridized carbons (Fsp3) is 0.188. The van der Waals surface area contributed by atoms with Crippen LogP contribution in [-0.2, 0) is 4.74 Å². The van der Waals surface area contributed by atoms with Gasteiger partial charge in [0.05, 0.1) is 12.5 Å². The molecule has 0 saturated heterocycles. The van der Waals surface area contributed by atoms with Crippen LogP contribution in [0.5, 0.6) is 5.75 Å². The first-order valence-electron chi connectivity index (χ1n) is 7.02. The highest BCUT2D eigenvalue weighted by molar-refractivity contribution is 7.20. The number of phenols is 1. The van der Waals surface area contributed by atoms with Crippen molar-refractivity contribution in [1.29, 1.82) is 0 Å². The van der Waals surface area contributed by atoms with Gasteiger partial charge in [0.1, 0.15) is 21.3 Å². The van der Waals surface area contributed by atoms with Gasteiger partial charge in [0.15, 0.2) is 0 Å². The van der Waals surface area contributed by atoms with Crippen LogP contribution in [0, 0.1) is 13.8 Å². The molecule has 8 heteroatoms. The van der Waals surface area contributed by atoms with Crippen molar-refractivity contribution in [2.24, 2.45) is 0 Å². The topological polar surface area (TPSA) is 84.3 Å². The Morgan fingerprint density at radius 1 is 1.33 bits per heavy atom. The molecule has 0 amide bonds. The van der Waals surface area contributed by atoms with E-state index in [2.05, 4.69) is 15.3 Å². The fourth-order valence-corrected chi connectivity index (χ4v) is 3.72. The number of phenolic OH excluding ortho intramolecular Hbond substituents is 1. The molecule has 6 nitrogen and oxygen atoms in total. The first kappa shape index (κ1) is 16.5.